The van der Waals surface area contributed by atoms with E-state index in [1.807, 2.05) is 0 Å². The highest BCUT2D eigenvalue weighted by molar-refractivity contribution is 9.09. The molecule has 0 aliphatic heterocycles. The van der Waals surface area contributed by atoms with Crippen LogP contribution in [0.4, 0.5) is 0 Å². The first kappa shape index (κ1) is 18.3. The first-order valence-corrected chi connectivity index (χ1v) is 9.55. The van der Waals surface area contributed by atoms with Gasteiger partial charge < -0.3 is 0 Å². The minimum Gasteiger partial charge on any atom is -0.0928 e. The third-order valence-corrected chi connectivity index (χ3v) is 3.78. The quantitative estimate of drug-likeness (QED) is 0.313. The molecule has 0 aliphatic rings. The Balaban J connectivity index is 0. The predicted molar refractivity (Wildman–Crippen MR) is 82.9 cm³/mol. The van der Waals surface area contributed by atoms with E-state index in [2.05, 4.69) is 63.7 Å². The molecule has 0 aromatic carbocycles. The molecule has 0 aromatic rings. The number of rotatable bonds is 8. The Morgan fingerprint density at radius 2 is 0.571 bits per heavy atom. The summed E-state index contributed by atoms with van der Waals surface area (Å²) in [4.78, 5) is 0. The van der Waals surface area contributed by atoms with E-state index in [9.17, 15) is 0 Å². The van der Waals surface area contributed by atoms with E-state index in [0.717, 1.165) is 21.3 Å². The van der Waals surface area contributed by atoms with Crippen LogP contribution in [-0.2, 0) is 0 Å². The lowest BCUT2D eigenvalue weighted by atomic mass is 10.3. The normalized spacial score (nSPS) is 9.43. The van der Waals surface area contributed by atoms with Crippen molar-refractivity contribution in [3.05, 3.63) is 0 Å². The summed E-state index contributed by atoms with van der Waals surface area (Å²) in [6, 6.07) is 0. The van der Waals surface area contributed by atoms with Gasteiger partial charge in [0, 0.05) is 21.3 Å². The van der Waals surface area contributed by atoms with Gasteiger partial charge in [0.05, 0.1) is 0 Å². The number of hydrogen-bond acceptors (Lipinski definition) is 0. The van der Waals surface area contributed by atoms with Crippen LogP contribution in [0, 0.1) is 0 Å². The van der Waals surface area contributed by atoms with E-state index < -0.39 is 0 Å². The molecular weight excluding hydrogens is 440 g/mol. The molecule has 0 radical (unpaired) electrons. The summed E-state index contributed by atoms with van der Waals surface area (Å²) in [5, 5.41) is 4.61. The molecule has 0 unspecified atom stereocenters. The molecule has 0 aromatic heterocycles. The Morgan fingerprint density at radius 3 is 0.714 bits per heavy atom. The van der Waals surface area contributed by atoms with Gasteiger partial charge in [-0.1, -0.05) is 76.6 Å². The lowest BCUT2D eigenvalue weighted by molar-refractivity contribution is 0.792. The van der Waals surface area contributed by atoms with Crippen molar-refractivity contribution in [2.45, 2.75) is 38.5 Å². The van der Waals surface area contributed by atoms with Gasteiger partial charge in [0.15, 0.2) is 0 Å². The predicted octanol–water partition coefficient (Wildman–Crippen LogP) is 5.89. The Hall–Kier alpha value is 1.92. The molecule has 88 valence electrons. The lowest BCUT2D eigenvalue weighted by Gasteiger charge is -1.88. The second-order valence-corrected chi connectivity index (χ2v) is 6.05. The molecule has 0 saturated carbocycles. The molecule has 0 nitrogen and oxygen atoms in total. The molecule has 0 rings (SSSR count). The van der Waals surface area contributed by atoms with Crippen LogP contribution in [0.5, 0.6) is 0 Å². The van der Waals surface area contributed by atoms with Gasteiger partial charge in [-0.25, -0.2) is 0 Å². The summed E-state index contributed by atoms with van der Waals surface area (Å²) < 4.78 is 0. The first-order chi connectivity index (χ1) is 6.83. The van der Waals surface area contributed by atoms with Crippen LogP contribution in [0.1, 0.15) is 38.5 Å². The van der Waals surface area contributed by atoms with E-state index in [4.69, 9.17) is 0 Å². The number of hydrogen-bond donors (Lipinski definition) is 0. The van der Waals surface area contributed by atoms with Gasteiger partial charge in [-0.2, -0.15) is 0 Å². The van der Waals surface area contributed by atoms with Gasteiger partial charge in [0.2, 0.25) is 0 Å². The molecule has 0 bridgehead atoms. The maximum atomic E-state index is 3.36. The van der Waals surface area contributed by atoms with Crippen molar-refractivity contribution in [2.75, 3.05) is 21.3 Å². The number of halogens is 4. The minimum atomic E-state index is 1.15. The van der Waals surface area contributed by atoms with Gasteiger partial charge in [-0.3, -0.25) is 0 Å². The Labute approximate surface area is 122 Å². The van der Waals surface area contributed by atoms with Crippen molar-refractivity contribution >= 4 is 63.7 Å². The summed E-state index contributed by atoms with van der Waals surface area (Å²) in [5.74, 6) is 0. The summed E-state index contributed by atoms with van der Waals surface area (Å²) >= 11 is 13.5. The van der Waals surface area contributed by atoms with Crippen molar-refractivity contribution in [3.63, 3.8) is 0 Å². The van der Waals surface area contributed by atoms with Crippen LogP contribution in [0.3, 0.4) is 0 Å². The summed E-state index contributed by atoms with van der Waals surface area (Å²) in [6.07, 6.45) is 7.93. The number of unbranched alkanes of at least 4 members (excludes halogenated alkanes) is 4. The highest BCUT2D eigenvalue weighted by Crippen LogP contribution is 2.00. The lowest BCUT2D eigenvalue weighted by Crippen LogP contribution is -1.76. The second-order valence-electron chi connectivity index (χ2n) is 2.88. The smallest absolute Gasteiger partial charge is 0.00313 e. The highest BCUT2D eigenvalue weighted by Gasteiger charge is 1.82. The fourth-order valence-electron chi connectivity index (χ4n) is 0.732. The van der Waals surface area contributed by atoms with E-state index in [1.54, 1.807) is 0 Å². The van der Waals surface area contributed by atoms with E-state index in [-0.39, 0.29) is 0 Å². The van der Waals surface area contributed by atoms with E-state index in [0.29, 0.717) is 0 Å². The van der Waals surface area contributed by atoms with Crippen LogP contribution in [0.25, 0.3) is 0 Å². The van der Waals surface area contributed by atoms with Gasteiger partial charge >= 0.3 is 0 Å². The standard InChI is InChI=1S/2C5H10Br2/c2*6-4-2-1-3-5-7/h2*1-5H2. The van der Waals surface area contributed by atoms with Gasteiger partial charge in [-0.15, -0.1) is 0 Å². The molecule has 0 amide bonds. The summed E-state index contributed by atoms with van der Waals surface area (Å²) in [5.41, 5.74) is 0. The molecule has 0 heterocycles. The molecule has 0 atom stereocenters. The molecule has 0 fully saturated rings. The largest absolute Gasteiger partial charge is 0.0928 e. The topological polar surface area (TPSA) is 0 Å². The van der Waals surface area contributed by atoms with Crippen LogP contribution < -0.4 is 0 Å². The monoisotopic (exact) mass is 456 g/mol. The van der Waals surface area contributed by atoms with Crippen molar-refractivity contribution in [1.29, 1.82) is 0 Å². The average Bonchev–Trinajstić information content (AvgIpc) is 2.21. The van der Waals surface area contributed by atoms with Crippen LogP contribution in [0.2, 0.25) is 0 Å². The summed E-state index contributed by atoms with van der Waals surface area (Å²) in [6.45, 7) is 0. The maximum Gasteiger partial charge on any atom is 0.00313 e. The highest BCUT2D eigenvalue weighted by atomic mass is 79.9. The zero-order chi connectivity index (χ0) is 11.1. The zero-order valence-electron chi connectivity index (χ0n) is 8.58. The molecule has 0 saturated heterocycles. The van der Waals surface area contributed by atoms with E-state index in [1.165, 1.54) is 38.5 Å². The van der Waals surface area contributed by atoms with Crippen molar-refractivity contribution in [3.8, 4) is 0 Å². The van der Waals surface area contributed by atoms with Gasteiger partial charge in [-0.05, 0) is 25.7 Å². The maximum absolute atomic E-state index is 3.36. The van der Waals surface area contributed by atoms with E-state index >= 15 is 0 Å². The SMILES string of the molecule is BrCCCCCBr.BrCCCCCBr. The van der Waals surface area contributed by atoms with Crippen molar-refractivity contribution in [2.24, 2.45) is 0 Å². The molecule has 0 spiro atoms. The van der Waals surface area contributed by atoms with Crippen LogP contribution >= 0.6 is 63.7 Å². The van der Waals surface area contributed by atoms with Crippen LogP contribution in [-0.4, -0.2) is 21.3 Å². The zero-order valence-corrected chi connectivity index (χ0v) is 14.9. The molecule has 0 aliphatic carbocycles. The minimum absolute atomic E-state index is 1.15. The number of alkyl halides is 4. The third-order valence-electron chi connectivity index (χ3n) is 1.53. The van der Waals surface area contributed by atoms with Crippen molar-refractivity contribution in [1.82, 2.24) is 0 Å². The molecule has 0 N–H and O–H groups in total. The second kappa shape index (κ2) is 20.3. The Kier molecular flexibility index (Phi) is 26.6. The van der Waals surface area contributed by atoms with Crippen LogP contribution in [0.15, 0.2) is 0 Å². The molecular formula is C10H20Br4. The third kappa shape index (κ3) is 23.6. The Bertz CT molecular complexity index is 60.5. The first-order valence-electron chi connectivity index (χ1n) is 5.07. The average molecular weight is 460 g/mol. The van der Waals surface area contributed by atoms with Crippen molar-refractivity contribution < 1.29 is 0 Å². The Morgan fingerprint density at radius 1 is 0.357 bits per heavy atom. The fourth-order valence-corrected chi connectivity index (χ4v) is 2.32. The van der Waals surface area contributed by atoms with Gasteiger partial charge in [0.1, 0.15) is 0 Å². The van der Waals surface area contributed by atoms with Gasteiger partial charge in [0.25, 0.3) is 0 Å². The molecule has 4 heteroatoms. The summed E-state index contributed by atoms with van der Waals surface area (Å²) in [7, 11) is 0. The molecule has 14 heavy (non-hydrogen) atoms. The fraction of sp³-hybridized carbons (Fsp3) is 1.00.